The Labute approximate surface area is 178 Å². The molecule has 0 amide bonds. The fourth-order valence-electron chi connectivity index (χ4n) is 3.35. The summed E-state index contributed by atoms with van der Waals surface area (Å²) in [5.74, 6) is -0.342. The van der Waals surface area contributed by atoms with Crippen molar-refractivity contribution < 1.29 is 9.53 Å². The number of pyridine rings is 1. The molecule has 0 unspecified atom stereocenters. The summed E-state index contributed by atoms with van der Waals surface area (Å²) in [7, 11) is 0. The van der Waals surface area contributed by atoms with Crippen LogP contribution < -0.4 is 5.56 Å². The number of H-pyrrole nitrogens is 1. The lowest BCUT2D eigenvalue weighted by Crippen LogP contribution is -2.14. The van der Waals surface area contributed by atoms with Gasteiger partial charge in [0.15, 0.2) is 0 Å². The van der Waals surface area contributed by atoms with Gasteiger partial charge in [0, 0.05) is 16.9 Å². The first-order valence-corrected chi connectivity index (χ1v) is 10.0. The second-order valence-corrected chi connectivity index (χ2v) is 7.39. The minimum absolute atomic E-state index is 0.194. The zero-order valence-electron chi connectivity index (χ0n) is 16.4. The van der Waals surface area contributed by atoms with Gasteiger partial charge in [0.2, 0.25) is 0 Å². The monoisotopic (exact) mass is 421 g/mol. The summed E-state index contributed by atoms with van der Waals surface area (Å²) >= 11 is 5.95. The van der Waals surface area contributed by atoms with Crippen LogP contribution in [0.2, 0.25) is 5.02 Å². The first-order chi connectivity index (χ1) is 14.5. The highest BCUT2D eigenvalue weighted by Crippen LogP contribution is 2.25. The van der Waals surface area contributed by atoms with Crippen molar-refractivity contribution in [1.82, 2.24) is 14.8 Å². The number of ether oxygens (including phenoxy) is 1. The Morgan fingerprint density at radius 1 is 1.13 bits per heavy atom. The van der Waals surface area contributed by atoms with E-state index in [9.17, 15) is 9.59 Å². The maximum Gasteiger partial charge on any atom is 0.338 e. The predicted octanol–water partition coefficient (Wildman–Crippen LogP) is 4.42. The molecule has 7 heteroatoms. The Bertz CT molecular complexity index is 1200. The summed E-state index contributed by atoms with van der Waals surface area (Å²) < 4.78 is 6.74. The van der Waals surface area contributed by atoms with Crippen molar-refractivity contribution in [2.75, 3.05) is 6.61 Å². The second kappa shape index (κ2) is 8.55. The maximum absolute atomic E-state index is 12.8. The van der Waals surface area contributed by atoms with Gasteiger partial charge < -0.3 is 9.72 Å². The van der Waals surface area contributed by atoms with E-state index in [4.69, 9.17) is 16.3 Å². The number of carbonyl (C=O) groups is 1. The lowest BCUT2D eigenvalue weighted by Gasteiger charge is -2.10. The zero-order chi connectivity index (χ0) is 21.1. The molecule has 0 aliphatic carbocycles. The van der Waals surface area contributed by atoms with Crippen LogP contribution >= 0.6 is 11.6 Å². The minimum Gasteiger partial charge on any atom is -0.462 e. The molecule has 0 aromatic heterocycles. The molecule has 0 bridgehead atoms. The number of nitrogens with one attached hydrogen (secondary N) is 1. The number of fused-ring (bicyclic) bond motifs is 1. The van der Waals surface area contributed by atoms with Crippen LogP contribution in [0.4, 0.5) is 0 Å². The molecule has 2 aromatic rings. The van der Waals surface area contributed by atoms with E-state index in [1.807, 2.05) is 13.0 Å². The molecule has 152 valence electrons. The SMILES string of the molecule is Cc1[nH]cc2c(=O)n(-c3ccc(Cl)cc3)nc-2c1CCCOC(=O)c1ccccc1. The van der Waals surface area contributed by atoms with E-state index in [1.165, 1.54) is 4.68 Å². The standard InChI is InChI=1S/C23H20ClN3O3/c1-15-19(8-5-13-30-23(29)16-6-3-2-4-7-16)21-20(14-25-15)22(28)27(26-21)18-11-9-17(24)10-12-18/h2-4,6-7,9-12,14,25H,5,8,13H2,1H3. The number of carbonyl (C=O) groups excluding carboxylic acids is 1. The van der Waals surface area contributed by atoms with Crippen LogP contribution in [-0.2, 0) is 11.2 Å². The quantitative estimate of drug-likeness (QED) is 0.369. The van der Waals surface area contributed by atoms with Crippen LogP contribution in [-0.4, -0.2) is 27.3 Å². The van der Waals surface area contributed by atoms with Crippen LogP contribution in [0.15, 0.2) is 65.6 Å². The number of aryl methyl sites for hydroxylation is 1. The van der Waals surface area contributed by atoms with Crippen LogP contribution in [0.25, 0.3) is 16.9 Å². The van der Waals surface area contributed by atoms with Crippen molar-refractivity contribution in [2.45, 2.75) is 19.8 Å². The highest BCUT2D eigenvalue weighted by atomic mass is 35.5. The molecule has 1 N–H and O–H groups in total. The molecule has 0 radical (unpaired) electrons. The van der Waals surface area contributed by atoms with Gasteiger partial charge >= 0.3 is 5.97 Å². The number of hydrogen-bond acceptors (Lipinski definition) is 4. The Balaban J connectivity index is 1.52. The lowest BCUT2D eigenvalue weighted by atomic mass is 10.0. The van der Waals surface area contributed by atoms with Crippen molar-refractivity contribution in [2.24, 2.45) is 0 Å². The summed E-state index contributed by atoms with van der Waals surface area (Å²) in [4.78, 5) is 28.1. The molecule has 2 aromatic carbocycles. The molecule has 0 atom stereocenters. The average Bonchev–Trinajstić information content (AvgIpc) is 3.10. The number of aromatic amines is 1. The number of halogens is 1. The fraction of sp³-hybridized carbons (Fsp3) is 0.174. The molecule has 0 spiro atoms. The second-order valence-electron chi connectivity index (χ2n) is 6.95. The highest BCUT2D eigenvalue weighted by Gasteiger charge is 2.21. The molecular formula is C23H20ClN3O3. The molecule has 2 aliphatic rings. The van der Waals surface area contributed by atoms with Crippen LogP contribution in [0.3, 0.4) is 0 Å². The fourth-order valence-corrected chi connectivity index (χ4v) is 3.47. The summed E-state index contributed by atoms with van der Waals surface area (Å²) in [6.45, 7) is 2.22. The molecule has 4 rings (SSSR count). The molecule has 0 saturated heterocycles. The Morgan fingerprint density at radius 2 is 1.87 bits per heavy atom. The predicted molar refractivity (Wildman–Crippen MR) is 116 cm³/mol. The zero-order valence-corrected chi connectivity index (χ0v) is 17.1. The van der Waals surface area contributed by atoms with E-state index >= 15 is 0 Å². The van der Waals surface area contributed by atoms with E-state index in [-0.39, 0.29) is 18.1 Å². The maximum atomic E-state index is 12.8. The highest BCUT2D eigenvalue weighted by molar-refractivity contribution is 6.30. The van der Waals surface area contributed by atoms with Crippen molar-refractivity contribution in [3.63, 3.8) is 0 Å². The molecule has 0 fully saturated rings. The van der Waals surface area contributed by atoms with Gasteiger partial charge in [0.1, 0.15) is 5.69 Å². The van der Waals surface area contributed by atoms with Gasteiger partial charge in [-0.1, -0.05) is 29.8 Å². The van der Waals surface area contributed by atoms with Gasteiger partial charge in [-0.3, -0.25) is 4.79 Å². The Kier molecular flexibility index (Phi) is 5.68. The summed E-state index contributed by atoms with van der Waals surface area (Å²) in [6.07, 6.45) is 2.93. The molecule has 6 nitrogen and oxygen atoms in total. The van der Waals surface area contributed by atoms with Gasteiger partial charge in [0.05, 0.1) is 23.4 Å². The van der Waals surface area contributed by atoms with Gasteiger partial charge in [0.25, 0.3) is 5.56 Å². The number of hydrogen-bond donors (Lipinski definition) is 1. The largest absolute Gasteiger partial charge is 0.462 e. The number of aromatic nitrogens is 3. The van der Waals surface area contributed by atoms with E-state index in [2.05, 4.69) is 10.1 Å². The van der Waals surface area contributed by atoms with Gasteiger partial charge in [-0.25, -0.2) is 4.79 Å². The van der Waals surface area contributed by atoms with Gasteiger partial charge in [-0.2, -0.15) is 9.78 Å². The third kappa shape index (κ3) is 4.00. The number of esters is 1. The van der Waals surface area contributed by atoms with Crippen molar-refractivity contribution >= 4 is 17.6 Å². The normalized spacial score (nSPS) is 11.0. The van der Waals surface area contributed by atoms with E-state index in [0.717, 1.165) is 11.3 Å². The summed E-state index contributed by atoms with van der Waals surface area (Å²) in [5.41, 5.74) is 4.03. The topological polar surface area (TPSA) is 77.0 Å². The lowest BCUT2D eigenvalue weighted by molar-refractivity contribution is 0.0500. The molecule has 0 saturated carbocycles. The van der Waals surface area contributed by atoms with Crippen LogP contribution in [0.5, 0.6) is 0 Å². The Hall–Kier alpha value is -3.38. The smallest absolute Gasteiger partial charge is 0.338 e. The van der Waals surface area contributed by atoms with E-state index in [0.29, 0.717) is 40.4 Å². The molecule has 2 aliphatic heterocycles. The molecular weight excluding hydrogens is 402 g/mol. The van der Waals surface area contributed by atoms with E-state index in [1.54, 1.807) is 54.7 Å². The minimum atomic E-state index is -0.342. The van der Waals surface area contributed by atoms with E-state index < -0.39 is 0 Å². The first-order valence-electron chi connectivity index (χ1n) is 9.62. The third-order valence-corrected chi connectivity index (χ3v) is 5.19. The van der Waals surface area contributed by atoms with Gasteiger partial charge in [-0.15, -0.1) is 0 Å². The van der Waals surface area contributed by atoms with Crippen LogP contribution in [0, 0.1) is 6.92 Å². The molecule has 2 heterocycles. The average molecular weight is 422 g/mol. The Morgan fingerprint density at radius 3 is 2.60 bits per heavy atom. The molecule has 30 heavy (non-hydrogen) atoms. The van der Waals surface area contributed by atoms with Crippen molar-refractivity contribution in [3.8, 4) is 16.9 Å². The van der Waals surface area contributed by atoms with Gasteiger partial charge in [-0.05, 0) is 61.7 Å². The summed E-state index contributed by atoms with van der Waals surface area (Å²) in [5, 5.41) is 5.16. The van der Waals surface area contributed by atoms with Crippen LogP contribution in [0.1, 0.15) is 28.0 Å². The van der Waals surface area contributed by atoms with Crippen molar-refractivity contribution in [1.29, 1.82) is 0 Å². The summed E-state index contributed by atoms with van der Waals surface area (Å²) in [6, 6.07) is 15.9. The number of rotatable bonds is 6. The first kappa shape index (κ1) is 19.9. The van der Waals surface area contributed by atoms with Crippen molar-refractivity contribution in [3.05, 3.63) is 93.0 Å². The third-order valence-electron chi connectivity index (χ3n) is 4.93. The number of benzene rings is 2. The number of nitrogens with zero attached hydrogens (tertiary/aromatic N) is 2.